The minimum absolute atomic E-state index is 0.408. The van der Waals surface area contributed by atoms with Crippen LogP contribution in [0.3, 0.4) is 0 Å². The van der Waals surface area contributed by atoms with Crippen LogP contribution in [-0.2, 0) is 27.6 Å². The highest BCUT2D eigenvalue weighted by molar-refractivity contribution is 7.44. The van der Waals surface area contributed by atoms with Crippen molar-refractivity contribution >= 4 is 69.6 Å². The van der Waals surface area contributed by atoms with E-state index in [-0.39, 0.29) is 0 Å². The van der Waals surface area contributed by atoms with Gasteiger partial charge in [-0.1, -0.05) is 121 Å². The van der Waals surface area contributed by atoms with Gasteiger partial charge in [-0.3, -0.25) is 0 Å². The predicted octanol–water partition coefficient (Wildman–Crippen LogP) is 15.2. The van der Waals surface area contributed by atoms with E-state index in [9.17, 15) is 0 Å². The van der Waals surface area contributed by atoms with E-state index in [0.717, 1.165) is 6.42 Å². The van der Waals surface area contributed by atoms with E-state index in [2.05, 4.69) is 196 Å². The largest absolute Gasteiger partial charge is 0.347 e. The molecule has 3 nitrogen and oxygen atoms in total. The molecule has 0 aliphatic heterocycles. The summed E-state index contributed by atoms with van der Waals surface area (Å²) in [5, 5.41) is 4.21. The summed E-state index contributed by atoms with van der Waals surface area (Å²) in [4.78, 5) is 0. The zero-order chi connectivity index (χ0) is 43.6. The van der Waals surface area contributed by atoms with Crippen molar-refractivity contribution in [3.05, 3.63) is 178 Å². The Kier molecular flexibility index (Phi) is 9.77. The maximum atomic E-state index is 5.43. The highest BCUT2D eigenvalue weighted by atomic mass is 35.7. The number of hydrogen-bond acceptors (Lipinski definition) is 0. The van der Waals surface area contributed by atoms with Crippen LogP contribution in [0.25, 0.3) is 66.1 Å². The fraction of sp³-hybridized carbons (Fsp3) is 0.236. The zero-order valence-corrected chi connectivity index (χ0v) is 41.1. The van der Waals surface area contributed by atoms with Gasteiger partial charge in [0, 0.05) is 105 Å². The van der Waals surface area contributed by atoms with Crippen LogP contribution in [0, 0.1) is 20.8 Å². The van der Waals surface area contributed by atoms with E-state index in [4.69, 9.17) is 22.2 Å². The van der Waals surface area contributed by atoms with Gasteiger partial charge in [-0.2, -0.15) is 0 Å². The summed E-state index contributed by atoms with van der Waals surface area (Å²) < 4.78 is 7.40. The number of rotatable bonds is 2. The van der Waals surface area contributed by atoms with Gasteiger partial charge < -0.3 is 13.7 Å². The highest BCUT2D eigenvalue weighted by Gasteiger charge is 2.52. The van der Waals surface area contributed by atoms with E-state index >= 15 is 0 Å². The topological polar surface area (TPSA) is 14.8 Å². The number of fused-ring (bicyclic) bond motifs is 15. The second kappa shape index (κ2) is 14.8. The van der Waals surface area contributed by atoms with Gasteiger partial charge in [0.1, 0.15) is 0 Å². The lowest BCUT2D eigenvalue weighted by Crippen LogP contribution is -2.43. The van der Waals surface area contributed by atoms with Crippen molar-refractivity contribution in [3.63, 3.8) is 0 Å². The fourth-order valence-electron chi connectivity index (χ4n) is 11.5. The molecule has 0 amide bonds. The average molecular weight is 885 g/mol. The van der Waals surface area contributed by atoms with Gasteiger partial charge in [-0.25, -0.2) is 0 Å². The molecular formula is C55H55Cl2N3Si2. The van der Waals surface area contributed by atoms with E-state index in [1.165, 1.54) is 117 Å². The normalized spacial score (nSPS) is 15.7. The number of hydrogen-bond donors (Lipinski definition) is 0. The van der Waals surface area contributed by atoms with E-state index in [1.807, 2.05) is 13.1 Å². The van der Waals surface area contributed by atoms with Gasteiger partial charge in [0.25, 0.3) is 0 Å². The standard InChI is InChI=1S/C36H34N2Si.C17H15N.C2H6Cl2Si/c1-21-15-17-29-27(19-21)31-23-11-7-9-13-25(23)35(33(31)37(29)3)39(5,6)36-26-14-10-8-12-24(26)32-28-20-22(2)16-18-30(28)38(4)34(32)36;1-11-7-8-15-14(9-11)17-13-6-4-3-5-12(13)10-16(17)18(15)2;1-5(2,3)4/h7-20,35-36H,1-6H3;3-9H,10H2,1-2H3;1-2H3. The van der Waals surface area contributed by atoms with Gasteiger partial charge >= 0.3 is 0 Å². The maximum Gasteiger partial charge on any atom is 0.245 e. The van der Waals surface area contributed by atoms with Crippen LogP contribution in [0.15, 0.2) is 127 Å². The summed E-state index contributed by atoms with van der Waals surface area (Å²) in [6, 6.07) is 48.0. The van der Waals surface area contributed by atoms with Crippen molar-refractivity contribution in [3.8, 4) is 33.4 Å². The number of benzene rings is 6. The molecule has 0 fully saturated rings. The molecule has 0 saturated carbocycles. The minimum atomic E-state index is -2.10. The highest BCUT2D eigenvalue weighted by Crippen LogP contribution is 2.60. The third-order valence-corrected chi connectivity index (χ3v) is 18.2. The lowest BCUT2D eigenvalue weighted by molar-refractivity contribution is 0.825. The Bertz CT molecular complexity index is 3130. The van der Waals surface area contributed by atoms with Crippen molar-refractivity contribution in [1.29, 1.82) is 0 Å². The van der Waals surface area contributed by atoms with Crippen LogP contribution in [0.5, 0.6) is 0 Å². The molecule has 3 aliphatic rings. The third kappa shape index (κ3) is 6.33. The first-order valence-electron chi connectivity index (χ1n) is 21.9. The van der Waals surface area contributed by atoms with Gasteiger partial charge in [0.05, 0.1) is 8.07 Å². The zero-order valence-electron chi connectivity index (χ0n) is 37.6. The molecule has 7 heteroatoms. The van der Waals surface area contributed by atoms with E-state index in [0.29, 0.717) is 11.1 Å². The minimum Gasteiger partial charge on any atom is -0.347 e. The van der Waals surface area contributed by atoms with Crippen LogP contribution in [0.4, 0.5) is 0 Å². The summed E-state index contributed by atoms with van der Waals surface area (Å²) in [6.45, 7) is 14.0. The van der Waals surface area contributed by atoms with Crippen molar-refractivity contribution in [2.75, 3.05) is 0 Å². The van der Waals surface area contributed by atoms with Crippen molar-refractivity contribution in [2.24, 2.45) is 21.1 Å². The second-order valence-corrected chi connectivity index (χ2v) is 32.8. The molecule has 0 bridgehead atoms. The molecule has 3 aliphatic carbocycles. The summed E-state index contributed by atoms with van der Waals surface area (Å²) >= 11 is 10.9. The Labute approximate surface area is 378 Å². The molecule has 9 aromatic rings. The summed E-state index contributed by atoms with van der Waals surface area (Å²) in [5.41, 5.74) is 26.5. The van der Waals surface area contributed by atoms with E-state index in [1.54, 1.807) is 0 Å². The van der Waals surface area contributed by atoms with Crippen LogP contribution >= 0.6 is 22.2 Å². The smallest absolute Gasteiger partial charge is 0.245 e. The third-order valence-electron chi connectivity index (χ3n) is 14.0. The molecule has 312 valence electrons. The lowest BCUT2D eigenvalue weighted by atomic mass is 10.0. The maximum absolute atomic E-state index is 5.43. The SMILES string of the molecule is C[Si](C)(Cl)Cl.Cc1ccc2c(c1)c1c(n2C)C([Si](C)(C)C2c3ccccc3-c3c2n(C)c2ccc(C)cc32)c2ccccc2-1.Cc1ccc2c(c1)c1c(n2C)Cc2ccccc2-1. The molecule has 2 atom stereocenters. The monoisotopic (exact) mass is 883 g/mol. The predicted molar refractivity (Wildman–Crippen MR) is 272 cm³/mol. The molecule has 3 aromatic heterocycles. The fourth-order valence-corrected chi connectivity index (χ4v) is 16.1. The Morgan fingerprint density at radius 3 is 1.29 bits per heavy atom. The van der Waals surface area contributed by atoms with Crippen LogP contribution in [0.2, 0.25) is 26.2 Å². The number of aromatic nitrogens is 3. The summed E-state index contributed by atoms with van der Waals surface area (Å²) in [7, 11) is 4.68. The Balaban J connectivity index is 0.000000164. The summed E-state index contributed by atoms with van der Waals surface area (Å²) in [5.74, 6) is 0. The Morgan fingerprint density at radius 2 is 0.839 bits per heavy atom. The first kappa shape index (κ1) is 41.0. The second-order valence-electron chi connectivity index (χ2n) is 19.1. The molecular weight excluding hydrogens is 830 g/mol. The molecule has 2 unspecified atom stereocenters. The van der Waals surface area contributed by atoms with Gasteiger partial charge in [0.15, 0.2) is 0 Å². The molecule has 0 spiro atoms. The number of nitrogens with zero attached hydrogens (tertiary/aromatic N) is 3. The Hall–Kier alpha value is -5.05. The van der Waals surface area contributed by atoms with Crippen LogP contribution in [0.1, 0.15) is 61.5 Å². The number of aryl methyl sites for hydroxylation is 6. The van der Waals surface area contributed by atoms with Gasteiger partial charge in [0.2, 0.25) is 6.69 Å². The molecule has 6 aromatic carbocycles. The van der Waals surface area contributed by atoms with Crippen molar-refractivity contribution in [2.45, 2.75) is 64.5 Å². The van der Waals surface area contributed by atoms with E-state index < -0.39 is 14.8 Å². The lowest BCUT2D eigenvalue weighted by Gasteiger charge is -2.38. The van der Waals surface area contributed by atoms with Crippen LogP contribution < -0.4 is 0 Å². The first-order valence-corrected chi connectivity index (χ1v) is 30.1. The van der Waals surface area contributed by atoms with Crippen LogP contribution in [-0.4, -0.2) is 28.5 Å². The molecule has 0 saturated heterocycles. The first-order chi connectivity index (χ1) is 29.5. The molecule has 0 N–H and O–H groups in total. The number of halogens is 2. The molecule has 12 rings (SSSR count). The Morgan fingerprint density at radius 1 is 0.468 bits per heavy atom. The molecule has 0 radical (unpaired) electrons. The summed E-state index contributed by atoms with van der Waals surface area (Å²) in [6.07, 6.45) is 1.07. The van der Waals surface area contributed by atoms with Gasteiger partial charge in [-0.15, -0.1) is 22.2 Å². The van der Waals surface area contributed by atoms with Gasteiger partial charge in [-0.05, 0) is 104 Å². The quantitative estimate of drug-likeness (QED) is 0.121. The van der Waals surface area contributed by atoms with Crippen molar-refractivity contribution < 1.29 is 0 Å². The van der Waals surface area contributed by atoms with Crippen molar-refractivity contribution in [1.82, 2.24) is 13.7 Å². The molecule has 3 heterocycles. The molecule has 62 heavy (non-hydrogen) atoms. The average Bonchev–Trinajstić information content (AvgIpc) is 4.04.